The number of likely N-dealkylation sites (N-methyl/N-ethyl adjacent to an activating group) is 1. The van der Waals surface area contributed by atoms with Crippen LogP contribution in [0.15, 0.2) is 49.1 Å². The monoisotopic (exact) mass is 426 g/mol. The third-order valence-electron chi connectivity index (χ3n) is 5.25. The fourth-order valence-corrected chi connectivity index (χ4v) is 3.66. The van der Waals surface area contributed by atoms with Gasteiger partial charge in [-0.2, -0.15) is 5.10 Å². The van der Waals surface area contributed by atoms with E-state index in [-0.39, 0.29) is 18.4 Å². The summed E-state index contributed by atoms with van der Waals surface area (Å²) in [5.41, 5.74) is 2.75. The number of halogens is 1. The highest BCUT2D eigenvalue weighted by Gasteiger charge is 2.21. The number of fused-ring (bicyclic) bond motifs is 1. The van der Waals surface area contributed by atoms with Gasteiger partial charge < -0.3 is 14.4 Å². The van der Waals surface area contributed by atoms with Gasteiger partial charge in [-0.25, -0.2) is 9.67 Å². The van der Waals surface area contributed by atoms with Gasteiger partial charge >= 0.3 is 0 Å². The SMILES string of the molecule is C[C@H](c1ccc(-n2cncn2)cc1)N(C)C(=O)Cc1cc(Cl)c2c(c1)OCCCO2. The number of hydrogen-bond donors (Lipinski definition) is 0. The lowest BCUT2D eigenvalue weighted by Crippen LogP contribution is -2.31. The lowest BCUT2D eigenvalue weighted by Gasteiger charge is -2.26. The third-order valence-corrected chi connectivity index (χ3v) is 5.53. The first-order valence-electron chi connectivity index (χ1n) is 9.81. The summed E-state index contributed by atoms with van der Waals surface area (Å²) >= 11 is 6.36. The normalized spacial score (nSPS) is 14.1. The van der Waals surface area contributed by atoms with Gasteiger partial charge in [0.05, 0.1) is 36.4 Å². The summed E-state index contributed by atoms with van der Waals surface area (Å²) in [7, 11) is 1.81. The summed E-state index contributed by atoms with van der Waals surface area (Å²) in [6, 6.07) is 11.4. The van der Waals surface area contributed by atoms with Crippen LogP contribution in [-0.4, -0.2) is 45.8 Å². The second-order valence-corrected chi connectivity index (χ2v) is 7.65. The number of ether oxygens (including phenoxy) is 2. The Bertz CT molecular complexity index is 1020. The van der Waals surface area contributed by atoms with E-state index in [0.717, 1.165) is 23.2 Å². The van der Waals surface area contributed by atoms with Crippen molar-refractivity contribution >= 4 is 17.5 Å². The van der Waals surface area contributed by atoms with Crippen LogP contribution in [0.1, 0.15) is 30.5 Å². The molecule has 0 saturated heterocycles. The molecular weight excluding hydrogens is 404 g/mol. The fraction of sp³-hybridized carbons (Fsp3) is 0.318. The molecule has 0 N–H and O–H groups in total. The highest BCUT2D eigenvalue weighted by molar-refractivity contribution is 6.32. The molecule has 1 aliphatic heterocycles. The zero-order valence-corrected chi connectivity index (χ0v) is 17.7. The molecule has 7 nitrogen and oxygen atoms in total. The van der Waals surface area contributed by atoms with E-state index in [0.29, 0.717) is 29.7 Å². The number of aromatic nitrogens is 3. The minimum atomic E-state index is -0.0850. The smallest absolute Gasteiger partial charge is 0.227 e. The maximum atomic E-state index is 12.9. The van der Waals surface area contributed by atoms with Gasteiger partial charge in [0.25, 0.3) is 0 Å². The molecule has 0 saturated carbocycles. The highest BCUT2D eigenvalue weighted by atomic mass is 35.5. The zero-order valence-electron chi connectivity index (χ0n) is 16.9. The second-order valence-electron chi connectivity index (χ2n) is 7.24. The van der Waals surface area contributed by atoms with Crippen molar-refractivity contribution < 1.29 is 14.3 Å². The summed E-state index contributed by atoms with van der Waals surface area (Å²) in [4.78, 5) is 18.6. The molecule has 1 aromatic heterocycles. The molecule has 0 fully saturated rings. The van der Waals surface area contributed by atoms with Crippen LogP contribution in [-0.2, 0) is 11.2 Å². The molecule has 30 heavy (non-hydrogen) atoms. The minimum absolute atomic E-state index is 0.00610. The first-order valence-corrected chi connectivity index (χ1v) is 10.2. The molecule has 1 aliphatic rings. The topological polar surface area (TPSA) is 69.5 Å². The maximum absolute atomic E-state index is 12.9. The fourth-order valence-electron chi connectivity index (χ4n) is 3.37. The quantitative estimate of drug-likeness (QED) is 0.620. The Balaban J connectivity index is 1.45. The summed E-state index contributed by atoms with van der Waals surface area (Å²) in [5, 5.41) is 4.59. The lowest BCUT2D eigenvalue weighted by atomic mass is 10.1. The van der Waals surface area contributed by atoms with E-state index in [9.17, 15) is 4.79 Å². The number of rotatable bonds is 5. The Kier molecular flexibility index (Phi) is 5.90. The first kappa shape index (κ1) is 20.2. The summed E-state index contributed by atoms with van der Waals surface area (Å²) in [5.74, 6) is 1.15. The Morgan fingerprint density at radius 3 is 2.73 bits per heavy atom. The van der Waals surface area contributed by atoms with Gasteiger partial charge in [-0.3, -0.25) is 4.79 Å². The van der Waals surface area contributed by atoms with Gasteiger partial charge in [-0.15, -0.1) is 0 Å². The predicted molar refractivity (Wildman–Crippen MR) is 113 cm³/mol. The van der Waals surface area contributed by atoms with Crippen molar-refractivity contribution in [3.8, 4) is 17.2 Å². The molecule has 0 aliphatic carbocycles. The average Bonchev–Trinajstić information content (AvgIpc) is 3.18. The van der Waals surface area contributed by atoms with E-state index in [1.54, 1.807) is 22.0 Å². The number of nitrogens with zero attached hydrogens (tertiary/aromatic N) is 4. The van der Waals surface area contributed by atoms with Crippen LogP contribution in [0.25, 0.3) is 5.69 Å². The van der Waals surface area contributed by atoms with E-state index in [1.807, 2.05) is 44.3 Å². The van der Waals surface area contributed by atoms with Gasteiger partial charge in [0.1, 0.15) is 12.7 Å². The molecule has 4 rings (SSSR count). The van der Waals surface area contributed by atoms with E-state index in [1.165, 1.54) is 6.33 Å². The molecule has 1 atom stereocenters. The van der Waals surface area contributed by atoms with Gasteiger partial charge in [-0.1, -0.05) is 23.7 Å². The number of amides is 1. The number of carbonyl (C=O) groups is 1. The van der Waals surface area contributed by atoms with Gasteiger partial charge in [0, 0.05) is 13.5 Å². The lowest BCUT2D eigenvalue weighted by molar-refractivity contribution is -0.131. The minimum Gasteiger partial charge on any atom is -0.489 e. The molecule has 8 heteroatoms. The number of hydrogen-bond acceptors (Lipinski definition) is 5. The van der Waals surface area contributed by atoms with Crippen LogP contribution >= 0.6 is 11.6 Å². The van der Waals surface area contributed by atoms with Crippen LogP contribution in [0.3, 0.4) is 0 Å². The van der Waals surface area contributed by atoms with Crippen LogP contribution in [0.2, 0.25) is 5.02 Å². The maximum Gasteiger partial charge on any atom is 0.227 e. The molecule has 1 amide bonds. The molecular formula is C22H23ClN4O3. The summed E-state index contributed by atoms with van der Waals surface area (Å²) < 4.78 is 13.1. The van der Waals surface area contributed by atoms with Gasteiger partial charge in [0.2, 0.25) is 5.91 Å². The van der Waals surface area contributed by atoms with E-state index in [4.69, 9.17) is 21.1 Å². The van der Waals surface area contributed by atoms with Crippen LogP contribution in [0, 0.1) is 0 Å². The van der Waals surface area contributed by atoms with Crippen molar-refractivity contribution in [1.29, 1.82) is 0 Å². The van der Waals surface area contributed by atoms with Gasteiger partial charge in [0.15, 0.2) is 11.5 Å². The molecule has 0 unspecified atom stereocenters. The first-order chi connectivity index (χ1) is 14.5. The Morgan fingerprint density at radius 1 is 1.23 bits per heavy atom. The third kappa shape index (κ3) is 4.26. The van der Waals surface area contributed by atoms with Crippen LogP contribution in [0.4, 0.5) is 0 Å². The molecule has 156 valence electrons. The number of carbonyl (C=O) groups excluding carboxylic acids is 1. The van der Waals surface area contributed by atoms with Crippen molar-refractivity contribution in [2.24, 2.45) is 0 Å². The second kappa shape index (κ2) is 8.75. The molecule has 0 bridgehead atoms. The molecule has 3 aromatic rings. The van der Waals surface area contributed by atoms with E-state index >= 15 is 0 Å². The van der Waals surface area contributed by atoms with Crippen LogP contribution in [0.5, 0.6) is 11.5 Å². The number of benzene rings is 2. The Hall–Kier alpha value is -3.06. The van der Waals surface area contributed by atoms with Crippen LogP contribution < -0.4 is 9.47 Å². The molecule has 0 spiro atoms. The predicted octanol–water partition coefficient (Wildman–Crippen LogP) is 3.84. The largest absolute Gasteiger partial charge is 0.489 e. The van der Waals surface area contributed by atoms with E-state index in [2.05, 4.69) is 10.1 Å². The van der Waals surface area contributed by atoms with Crippen molar-refractivity contribution in [1.82, 2.24) is 19.7 Å². The molecule has 0 radical (unpaired) electrons. The van der Waals surface area contributed by atoms with Crippen molar-refractivity contribution in [3.63, 3.8) is 0 Å². The Labute approximate surface area is 180 Å². The Morgan fingerprint density at radius 2 is 2.00 bits per heavy atom. The summed E-state index contributed by atoms with van der Waals surface area (Å²) in [6.45, 7) is 3.15. The highest BCUT2D eigenvalue weighted by Crippen LogP contribution is 2.38. The van der Waals surface area contributed by atoms with Gasteiger partial charge in [-0.05, 0) is 42.3 Å². The molecule has 2 aromatic carbocycles. The van der Waals surface area contributed by atoms with E-state index < -0.39 is 0 Å². The van der Waals surface area contributed by atoms with Crippen molar-refractivity contribution in [2.45, 2.75) is 25.8 Å². The average molecular weight is 427 g/mol. The zero-order chi connectivity index (χ0) is 21.1. The van der Waals surface area contributed by atoms with Crippen molar-refractivity contribution in [2.75, 3.05) is 20.3 Å². The van der Waals surface area contributed by atoms with Crippen molar-refractivity contribution in [3.05, 3.63) is 65.2 Å². The summed E-state index contributed by atoms with van der Waals surface area (Å²) in [6.07, 6.45) is 4.17. The molecule has 2 heterocycles. The standard InChI is InChI=1S/C22H23ClN4O3/c1-15(17-4-6-18(7-5-17)27-14-24-13-25-27)26(2)21(28)12-16-10-19(23)22-20(11-16)29-8-3-9-30-22/h4-7,10-11,13-15H,3,8-9,12H2,1-2H3/t15-/m1/s1.